The van der Waals surface area contributed by atoms with E-state index in [1.807, 2.05) is 12.1 Å². The fourth-order valence-electron chi connectivity index (χ4n) is 2.72. The number of hydrogen-bond acceptors (Lipinski definition) is 3. The maximum atomic E-state index is 12.3. The summed E-state index contributed by atoms with van der Waals surface area (Å²) in [6.07, 6.45) is 3.30. The van der Waals surface area contributed by atoms with E-state index in [1.54, 1.807) is 6.07 Å². The van der Waals surface area contributed by atoms with Crippen LogP contribution in [0.2, 0.25) is 0 Å². The predicted molar refractivity (Wildman–Crippen MR) is 81.8 cm³/mol. The van der Waals surface area contributed by atoms with Gasteiger partial charge in [0.15, 0.2) is 0 Å². The summed E-state index contributed by atoms with van der Waals surface area (Å²) in [6.45, 7) is 7.45. The van der Waals surface area contributed by atoms with Crippen LogP contribution in [0.4, 0.5) is 5.82 Å². The Morgan fingerprint density at radius 3 is 2.80 bits per heavy atom. The lowest BCUT2D eigenvalue weighted by molar-refractivity contribution is 0.0922. The molecular formula is C16H25N3O. The Labute approximate surface area is 121 Å². The van der Waals surface area contributed by atoms with E-state index in [4.69, 9.17) is 0 Å². The van der Waals surface area contributed by atoms with Crippen molar-refractivity contribution in [3.05, 3.63) is 23.9 Å². The highest BCUT2D eigenvalue weighted by molar-refractivity contribution is 5.92. The number of pyridine rings is 1. The highest BCUT2D eigenvalue weighted by Crippen LogP contribution is 2.31. The number of nitrogens with one attached hydrogen (secondary N) is 2. The van der Waals surface area contributed by atoms with Gasteiger partial charge in [0.25, 0.3) is 5.91 Å². The third-order valence-electron chi connectivity index (χ3n) is 4.32. The van der Waals surface area contributed by atoms with E-state index in [1.165, 1.54) is 6.42 Å². The van der Waals surface area contributed by atoms with Gasteiger partial charge in [0, 0.05) is 12.6 Å². The van der Waals surface area contributed by atoms with Gasteiger partial charge in [-0.25, -0.2) is 4.98 Å². The van der Waals surface area contributed by atoms with Crippen molar-refractivity contribution in [3.63, 3.8) is 0 Å². The van der Waals surface area contributed by atoms with Gasteiger partial charge in [-0.15, -0.1) is 0 Å². The number of aromatic nitrogens is 1. The molecule has 3 atom stereocenters. The van der Waals surface area contributed by atoms with E-state index in [2.05, 4.69) is 36.4 Å². The largest absolute Gasteiger partial charge is 0.370 e. The second-order valence-corrected chi connectivity index (χ2v) is 5.83. The molecule has 110 valence electrons. The van der Waals surface area contributed by atoms with Crippen molar-refractivity contribution in [2.24, 2.45) is 11.8 Å². The molecule has 4 heteroatoms. The fraction of sp³-hybridized carbons (Fsp3) is 0.625. The van der Waals surface area contributed by atoms with Gasteiger partial charge >= 0.3 is 0 Å². The Hall–Kier alpha value is -1.58. The fourth-order valence-corrected chi connectivity index (χ4v) is 2.72. The predicted octanol–water partition coefficient (Wildman–Crippen LogP) is 3.07. The summed E-state index contributed by atoms with van der Waals surface area (Å²) in [4.78, 5) is 16.7. The number of carbonyl (C=O) groups is 1. The summed E-state index contributed by atoms with van der Waals surface area (Å²) >= 11 is 0. The zero-order chi connectivity index (χ0) is 14.5. The molecule has 20 heavy (non-hydrogen) atoms. The highest BCUT2D eigenvalue weighted by atomic mass is 16.1. The number of amides is 1. The first kappa shape index (κ1) is 14.8. The third-order valence-corrected chi connectivity index (χ3v) is 4.32. The molecule has 1 aromatic rings. The Bertz CT molecular complexity index is 461. The number of anilines is 1. The van der Waals surface area contributed by atoms with Crippen molar-refractivity contribution in [2.45, 2.75) is 46.1 Å². The van der Waals surface area contributed by atoms with Crippen molar-refractivity contribution < 1.29 is 4.79 Å². The molecule has 0 aromatic carbocycles. The zero-order valence-corrected chi connectivity index (χ0v) is 12.6. The van der Waals surface area contributed by atoms with E-state index in [0.29, 0.717) is 17.5 Å². The van der Waals surface area contributed by atoms with E-state index in [0.717, 1.165) is 25.2 Å². The first-order chi connectivity index (χ1) is 9.61. The van der Waals surface area contributed by atoms with Crippen molar-refractivity contribution in [1.29, 1.82) is 0 Å². The first-order valence-corrected chi connectivity index (χ1v) is 7.63. The molecule has 2 rings (SSSR count). The molecule has 1 aliphatic carbocycles. The van der Waals surface area contributed by atoms with E-state index < -0.39 is 0 Å². The Morgan fingerprint density at radius 2 is 2.15 bits per heavy atom. The summed E-state index contributed by atoms with van der Waals surface area (Å²) in [6, 6.07) is 5.83. The quantitative estimate of drug-likeness (QED) is 0.868. The summed E-state index contributed by atoms with van der Waals surface area (Å²) in [5.74, 6) is 1.94. The average molecular weight is 275 g/mol. The van der Waals surface area contributed by atoms with Gasteiger partial charge < -0.3 is 10.6 Å². The average Bonchev–Trinajstić information content (AvgIpc) is 2.77. The zero-order valence-electron chi connectivity index (χ0n) is 12.6. The van der Waals surface area contributed by atoms with Crippen LogP contribution in [0.3, 0.4) is 0 Å². The maximum Gasteiger partial charge on any atom is 0.270 e. The summed E-state index contributed by atoms with van der Waals surface area (Å²) in [5.41, 5.74) is 0.498. The number of rotatable bonds is 5. The molecule has 1 fully saturated rings. The second-order valence-electron chi connectivity index (χ2n) is 5.83. The van der Waals surface area contributed by atoms with Gasteiger partial charge in [-0.3, -0.25) is 4.79 Å². The molecule has 1 aliphatic rings. The van der Waals surface area contributed by atoms with Crippen LogP contribution in [-0.2, 0) is 0 Å². The number of carbonyl (C=O) groups excluding carboxylic acids is 1. The molecule has 1 aromatic heterocycles. The molecule has 4 nitrogen and oxygen atoms in total. The topological polar surface area (TPSA) is 54.0 Å². The molecule has 1 heterocycles. The van der Waals surface area contributed by atoms with Gasteiger partial charge in [0.05, 0.1) is 0 Å². The molecular weight excluding hydrogens is 250 g/mol. The van der Waals surface area contributed by atoms with E-state index in [9.17, 15) is 4.79 Å². The molecule has 0 bridgehead atoms. The SMILES string of the molecule is CCCNc1cccc(C(=O)NC2CCC(C)C2C)n1. The minimum absolute atomic E-state index is 0.0592. The first-order valence-electron chi connectivity index (χ1n) is 7.63. The van der Waals surface area contributed by atoms with Gasteiger partial charge in [-0.2, -0.15) is 0 Å². The van der Waals surface area contributed by atoms with E-state index in [-0.39, 0.29) is 11.9 Å². The molecule has 0 radical (unpaired) electrons. The van der Waals surface area contributed by atoms with E-state index >= 15 is 0 Å². The van der Waals surface area contributed by atoms with Crippen LogP contribution in [0.25, 0.3) is 0 Å². The lowest BCUT2D eigenvalue weighted by atomic mass is 9.98. The number of hydrogen-bond donors (Lipinski definition) is 2. The number of nitrogens with zero attached hydrogens (tertiary/aromatic N) is 1. The van der Waals surface area contributed by atoms with Crippen LogP contribution in [-0.4, -0.2) is 23.5 Å². The molecule has 2 N–H and O–H groups in total. The standard InChI is InChI=1S/C16H25N3O/c1-4-10-17-15-7-5-6-14(18-15)16(20)19-13-9-8-11(2)12(13)3/h5-7,11-13H,4,8-10H2,1-3H3,(H,17,18)(H,19,20). The summed E-state index contributed by atoms with van der Waals surface area (Å²) in [5, 5.41) is 6.34. The van der Waals surface area contributed by atoms with Crippen LogP contribution in [0.15, 0.2) is 18.2 Å². The molecule has 0 aliphatic heterocycles. The Morgan fingerprint density at radius 1 is 1.35 bits per heavy atom. The third kappa shape index (κ3) is 3.50. The monoisotopic (exact) mass is 275 g/mol. The van der Waals surface area contributed by atoms with Crippen molar-refractivity contribution in [2.75, 3.05) is 11.9 Å². The van der Waals surface area contributed by atoms with Gasteiger partial charge in [0.1, 0.15) is 11.5 Å². The minimum Gasteiger partial charge on any atom is -0.370 e. The lowest BCUT2D eigenvalue weighted by Gasteiger charge is -2.19. The Balaban J connectivity index is 1.98. The van der Waals surface area contributed by atoms with Crippen LogP contribution in [0.5, 0.6) is 0 Å². The second kappa shape index (κ2) is 6.73. The van der Waals surface area contributed by atoms with Crippen LogP contribution in [0.1, 0.15) is 50.5 Å². The molecule has 3 unspecified atom stereocenters. The minimum atomic E-state index is -0.0592. The van der Waals surface area contributed by atoms with Gasteiger partial charge in [-0.1, -0.05) is 26.8 Å². The van der Waals surface area contributed by atoms with Crippen molar-refractivity contribution >= 4 is 11.7 Å². The van der Waals surface area contributed by atoms with Crippen molar-refractivity contribution in [3.8, 4) is 0 Å². The summed E-state index contributed by atoms with van der Waals surface area (Å²) in [7, 11) is 0. The van der Waals surface area contributed by atoms with Crippen LogP contribution >= 0.6 is 0 Å². The maximum absolute atomic E-state index is 12.3. The smallest absolute Gasteiger partial charge is 0.270 e. The normalized spacial score (nSPS) is 25.4. The van der Waals surface area contributed by atoms with Gasteiger partial charge in [0.2, 0.25) is 0 Å². The molecule has 1 saturated carbocycles. The molecule has 0 spiro atoms. The molecule has 0 saturated heterocycles. The summed E-state index contributed by atoms with van der Waals surface area (Å²) < 4.78 is 0. The van der Waals surface area contributed by atoms with Gasteiger partial charge in [-0.05, 0) is 43.2 Å². The van der Waals surface area contributed by atoms with Crippen LogP contribution in [0, 0.1) is 11.8 Å². The Kier molecular flexibility index (Phi) is 4.99. The van der Waals surface area contributed by atoms with Crippen LogP contribution < -0.4 is 10.6 Å². The lowest BCUT2D eigenvalue weighted by Crippen LogP contribution is -2.37. The highest BCUT2D eigenvalue weighted by Gasteiger charge is 2.31. The molecule has 1 amide bonds. The van der Waals surface area contributed by atoms with Crippen molar-refractivity contribution in [1.82, 2.24) is 10.3 Å².